The predicted molar refractivity (Wildman–Crippen MR) is 103 cm³/mol. The van der Waals surface area contributed by atoms with Gasteiger partial charge in [0.05, 0.1) is 0 Å². The van der Waals surface area contributed by atoms with Crippen molar-refractivity contribution in [2.75, 3.05) is 13.2 Å². The summed E-state index contributed by atoms with van der Waals surface area (Å²) >= 11 is 5.90. The summed E-state index contributed by atoms with van der Waals surface area (Å²) in [6.07, 6.45) is -0.0423. The van der Waals surface area contributed by atoms with E-state index in [1.54, 1.807) is 30.0 Å². The monoisotopic (exact) mass is 387 g/mol. The summed E-state index contributed by atoms with van der Waals surface area (Å²) in [7, 11) is 0. The SMILES string of the molecule is Cc1cc(Cl)ccc1OCC(=O)O[C@H](C)C(=O)N1CCc2ccccc2C1. The Labute approximate surface area is 163 Å². The van der Waals surface area contributed by atoms with Gasteiger partial charge >= 0.3 is 5.97 Å². The van der Waals surface area contributed by atoms with Crippen molar-refractivity contribution in [1.82, 2.24) is 4.90 Å². The first-order chi connectivity index (χ1) is 12.9. The largest absolute Gasteiger partial charge is 0.482 e. The number of hydrogen-bond donors (Lipinski definition) is 0. The average Bonchev–Trinajstić information content (AvgIpc) is 2.66. The molecule has 1 atom stereocenters. The molecule has 0 aromatic heterocycles. The second kappa shape index (κ2) is 8.44. The third kappa shape index (κ3) is 4.80. The van der Waals surface area contributed by atoms with Crippen LogP contribution in [-0.2, 0) is 27.3 Å². The lowest BCUT2D eigenvalue weighted by Gasteiger charge is -2.30. The number of nitrogens with zero attached hydrogens (tertiary/aromatic N) is 1. The number of esters is 1. The van der Waals surface area contributed by atoms with E-state index in [-0.39, 0.29) is 12.5 Å². The smallest absolute Gasteiger partial charge is 0.344 e. The summed E-state index contributed by atoms with van der Waals surface area (Å²) in [6, 6.07) is 13.2. The van der Waals surface area contributed by atoms with E-state index in [4.69, 9.17) is 21.1 Å². The van der Waals surface area contributed by atoms with Gasteiger partial charge in [0.25, 0.3) is 5.91 Å². The van der Waals surface area contributed by atoms with Crippen molar-refractivity contribution < 1.29 is 19.1 Å². The third-order valence-electron chi connectivity index (χ3n) is 4.58. The van der Waals surface area contributed by atoms with E-state index >= 15 is 0 Å². The molecule has 1 aliphatic heterocycles. The van der Waals surface area contributed by atoms with Gasteiger partial charge in [0, 0.05) is 18.1 Å². The Morgan fingerprint density at radius 3 is 2.67 bits per heavy atom. The van der Waals surface area contributed by atoms with Crippen LogP contribution in [0.25, 0.3) is 0 Å². The molecule has 0 spiro atoms. The van der Waals surface area contributed by atoms with E-state index in [0.29, 0.717) is 23.9 Å². The topological polar surface area (TPSA) is 55.8 Å². The highest BCUT2D eigenvalue weighted by Crippen LogP contribution is 2.22. The van der Waals surface area contributed by atoms with Gasteiger partial charge in [-0.25, -0.2) is 4.79 Å². The lowest BCUT2D eigenvalue weighted by Crippen LogP contribution is -2.43. The molecule has 142 valence electrons. The van der Waals surface area contributed by atoms with E-state index in [1.165, 1.54) is 5.56 Å². The van der Waals surface area contributed by atoms with Crippen LogP contribution in [0.15, 0.2) is 42.5 Å². The Balaban J connectivity index is 1.51. The molecule has 2 aromatic rings. The van der Waals surface area contributed by atoms with Gasteiger partial charge in [0.15, 0.2) is 12.7 Å². The van der Waals surface area contributed by atoms with E-state index in [0.717, 1.165) is 17.5 Å². The van der Waals surface area contributed by atoms with Gasteiger partial charge in [-0.3, -0.25) is 4.79 Å². The van der Waals surface area contributed by atoms with Gasteiger partial charge in [0.1, 0.15) is 5.75 Å². The van der Waals surface area contributed by atoms with Crippen LogP contribution in [0.2, 0.25) is 5.02 Å². The number of halogens is 1. The van der Waals surface area contributed by atoms with Crippen molar-refractivity contribution >= 4 is 23.5 Å². The van der Waals surface area contributed by atoms with Crippen molar-refractivity contribution in [3.8, 4) is 5.75 Å². The quantitative estimate of drug-likeness (QED) is 0.736. The summed E-state index contributed by atoms with van der Waals surface area (Å²) in [5, 5.41) is 0.602. The van der Waals surface area contributed by atoms with Crippen LogP contribution >= 0.6 is 11.6 Å². The Bertz CT molecular complexity index is 852. The Hall–Kier alpha value is -2.53. The predicted octanol–water partition coefficient (Wildman–Crippen LogP) is 3.54. The molecule has 2 aromatic carbocycles. The molecule has 6 heteroatoms. The molecule has 0 bridgehead atoms. The van der Waals surface area contributed by atoms with Crippen molar-refractivity contribution in [2.24, 2.45) is 0 Å². The zero-order valence-electron chi connectivity index (χ0n) is 15.4. The molecule has 0 N–H and O–H groups in total. The van der Waals surface area contributed by atoms with Crippen LogP contribution in [0.4, 0.5) is 0 Å². The first-order valence-electron chi connectivity index (χ1n) is 8.88. The highest BCUT2D eigenvalue weighted by molar-refractivity contribution is 6.30. The van der Waals surface area contributed by atoms with Gasteiger partial charge in [0.2, 0.25) is 0 Å². The molecule has 0 saturated carbocycles. The molecule has 3 rings (SSSR count). The van der Waals surface area contributed by atoms with E-state index in [9.17, 15) is 9.59 Å². The second-order valence-electron chi connectivity index (χ2n) is 6.61. The van der Waals surface area contributed by atoms with Crippen LogP contribution in [0.3, 0.4) is 0 Å². The van der Waals surface area contributed by atoms with Crippen molar-refractivity contribution in [2.45, 2.75) is 32.9 Å². The van der Waals surface area contributed by atoms with Crippen LogP contribution in [0.1, 0.15) is 23.6 Å². The summed E-state index contributed by atoms with van der Waals surface area (Å²) in [6.45, 7) is 4.33. The van der Waals surface area contributed by atoms with Gasteiger partial charge < -0.3 is 14.4 Å². The number of hydrogen-bond acceptors (Lipinski definition) is 4. The van der Waals surface area contributed by atoms with Gasteiger partial charge in [-0.15, -0.1) is 0 Å². The zero-order valence-corrected chi connectivity index (χ0v) is 16.2. The van der Waals surface area contributed by atoms with Crippen molar-refractivity contribution in [1.29, 1.82) is 0 Å². The number of carbonyl (C=O) groups excluding carboxylic acids is 2. The molecule has 0 aliphatic carbocycles. The maximum absolute atomic E-state index is 12.6. The molecule has 1 amide bonds. The number of benzene rings is 2. The van der Waals surface area contributed by atoms with Crippen LogP contribution in [0, 0.1) is 6.92 Å². The van der Waals surface area contributed by atoms with Crippen LogP contribution in [-0.4, -0.2) is 36.0 Å². The number of aryl methyl sites for hydroxylation is 1. The summed E-state index contributed by atoms with van der Waals surface area (Å²) in [5.74, 6) is -0.217. The fourth-order valence-corrected chi connectivity index (χ4v) is 3.36. The molecule has 5 nitrogen and oxygen atoms in total. The standard InChI is InChI=1S/C21H22ClNO4/c1-14-11-18(22)7-8-19(14)26-13-20(24)27-15(2)21(25)23-10-9-16-5-3-4-6-17(16)12-23/h3-8,11,15H,9-10,12-13H2,1-2H3/t15-/m1/s1. The first kappa shape index (κ1) is 19.2. The summed E-state index contributed by atoms with van der Waals surface area (Å²) < 4.78 is 10.7. The number of carbonyl (C=O) groups is 2. The van der Waals surface area contributed by atoms with E-state index < -0.39 is 12.1 Å². The normalized spacial score (nSPS) is 14.3. The molecule has 1 aliphatic rings. The maximum Gasteiger partial charge on any atom is 0.344 e. The Morgan fingerprint density at radius 1 is 1.19 bits per heavy atom. The molecule has 0 saturated heterocycles. The molecule has 0 unspecified atom stereocenters. The van der Waals surface area contributed by atoms with Gasteiger partial charge in [-0.1, -0.05) is 35.9 Å². The van der Waals surface area contributed by atoms with Crippen LogP contribution in [0.5, 0.6) is 5.75 Å². The Morgan fingerprint density at radius 2 is 1.93 bits per heavy atom. The number of fused-ring (bicyclic) bond motifs is 1. The molecule has 27 heavy (non-hydrogen) atoms. The molecule has 0 fully saturated rings. The minimum absolute atomic E-state index is 0.194. The third-order valence-corrected chi connectivity index (χ3v) is 4.82. The number of ether oxygens (including phenoxy) is 2. The first-order valence-corrected chi connectivity index (χ1v) is 9.26. The minimum Gasteiger partial charge on any atom is -0.482 e. The zero-order chi connectivity index (χ0) is 19.4. The van der Waals surface area contributed by atoms with Crippen LogP contribution < -0.4 is 4.74 Å². The molecular formula is C21H22ClNO4. The molecule has 0 radical (unpaired) electrons. The number of rotatable bonds is 5. The van der Waals surface area contributed by atoms with E-state index in [2.05, 4.69) is 6.07 Å². The fraction of sp³-hybridized carbons (Fsp3) is 0.333. The highest BCUT2D eigenvalue weighted by Gasteiger charge is 2.27. The lowest BCUT2D eigenvalue weighted by atomic mass is 9.99. The van der Waals surface area contributed by atoms with Gasteiger partial charge in [-0.05, 0) is 55.2 Å². The Kier molecular flexibility index (Phi) is 6.01. The minimum atomic E-state index is -0.849. The summed E-state index contributed by atoms with van der Waals surface area (Å²) in [4.78, 5) is 26.4. The molecule has 1 heterocycles. The highest BCUT2D eigenvalue weighted by atomic mass is 35.5. The van der Waals surface area contributed by atoms with E-state index in [1.807, 2.05) is 25.1 Å². The van der Waals surface area contributed by atoms with Crippen molar-refractivity contribution in [3.05, 3.63) is 64.2 Å². The summed E-state index contributed by atoms with van der Waals surface area (Å²) in [5.41, 5.74) is 3.22. The average molecular weight is 388 g/mol. The van der Waals surface area contributed by atoms with Crippen molar-refractivity contribution in [3.63, 3.8) is 0 Å². The van der Waals surface area contributed by atoms with Gasteiger partial charge in [-0.2, -0.15) is 0 Å². The second-order valence-corrected chi connectivity index (χ2v) is 7.05. The fourth-order valence-electron chi connectivity index (χ4n) is 3.13. The lowest BCUT2D eigenvalue weighted by molar-refractivity contribution is -0.161. The number of amides is 1. The molecular weight excluding hydrogens is 366 g/mol. The maximum atomic E-state index is 12.6.